The highest BCUT2D eigenvalue weighted by Gasteiger charge is 2.62. The minimum Gasteiger partial charge on any atom is -0.496 e. The van der Waals surface area contributed by atoms with Crippen molar-refractivity contribution in [3.05, 3.63) is 36.4 Å². The number of nitrogens with one attached hydrogen (secondary N) is 3. The number of carbonyl (C=O) groups excluding carboxylic acids is 4. The summed E-state index contributed by atoms with van der Waals surface area (Å²) in [6.07, 6.45) is 1.43. The summed E-state index contributed by atoms with van der Waals surface area (Å²) in [5, 5.41) is 5.31. The maximum atomic E-state index is 14.9. The van der Waals surface area contributed by atoms with Crippen LogP contribution in [0.3, 0.4) is 0 Å². The van der Waals surface area contributed by atoms with Gasteiger partial charge in [-0.25, -0.2) is 18.2 Å². The monoisotopic (exact) mass is 877 g/mol. The maximum absolute atomic E-state index is 14.9. The first-order valence-corrected chi connectivity index (χ1v) is 22.5. The molecule has 5 aliphatic rings. The van der Waals surface area contributed by atoms with Gasteiger partial charge in [0.15, 0.2) is 6.61 Å². The number of fused-ring (bicyclic) bond motifs is 3. The van der Waals surface area contributed by atoms with Gasteiger partial charge in [0, 0.05) is 29.9 Å². The van der Waals surface area contributed by atoms with Gasteiger partial charge < -0.3 is 34.5 Å². The molecule has 61 heavy (non-hydrogen) atoms. The molecule has 0 spiro atoms. The number of benzene rings is 1. The topological polar surface area (TPSA) is 192 Å². The molecule has 1 aromatic carbocycles. The van der Waals surface area contributed by atoms with E-state index >= 15 is 0 Å². The number of pyridine rings is 1. The van der Waals surface area contributed by atoms with Gasteiger partial charge >= 0.3 is 12.3 Å². The summed E-state index contributed by atoms with van der Waals surface area (Å²) in [5.41, 5.74) is -1.16. The molecule has 1 unspecified atom stereocenters. The van der Waals surface area contributed by atoms with E-state index in [1.54, 1.807) is 12.1 Å². The number of carbonyl (C=O) groups is 4. The molecular formula is C42H54F3N5O10S. The van der Waals surface area contributed by atoms with E-state index in [1.165, 1.54) is 24.2 Å². The second-order valence-corrected chi connectivity index (χ2v) is 19.8. The number of amides is 4. The SMILES string of the molecule is C=C[C@H]1CC1(NC(=O)[C@@H]1C[C@@H]2CN1C(=O)[C@H](C1CCCCC1)NC(=O)OCC(C)(C)CCCc1cc3c(cc(OCC(F)(F)F)nc3cc1OC)O2)C(=O)NS(=O)(=O)C1CC1. The van der Waals surface area contributed by atoms with Gasteiger partial charge in [0.25, 0.3) is 5.91 Å². The van der Waals surface area contributed by atoms with Crippen molar-refractivity contribution in [1.29, 1.82) is 0 Å². The van der Waals surface area contributed by atoms with Crippen LogP contribution in [-0.2, 0) is 35.6 Å². The molecule has 3 heterocycles. The number of hydrogen-bond acceptors (Lipinski definition) is 11. The Morgan fingerprint density at radius 2 is 1.84 bits per heavy atom. The highest BCUT2D eigenvalue weighted by atomic mass is 32.2. The number of halogens is 3. The fourth-order valence-electron chi connectivity index (χ4n) is 8.82. The first-order chi connectivity index (χ1) is 28.8. The van der Waals surface area contributed by atoms with Gasteiger partial charge in [0.2, 0.25) is 27.7 Å². The largest absolute Gasteiger partial charge is 0.496 e. The highest BCUT2D eigenvalue weighted by molar-refractivity contribution is 7.91. The average molecular weight is 878 g/mol. The lowest BCUT2D eigenvalue weighted by atomic mass is 9.83. The number of alkyl halides is 3. The van der Waals surface area contributed by atoms with Gasteiger partial charge in [-0.05, 0) is 74.3 Å². The van der Waals surface area contributed by atoms with E-state index in [-0.39, 0.29) is 49.1 Å². The van der Waals surface area contributed by atoms with Crippen LogP contribution in [0, 0.1) is 17.3 Å². The zero-order valence-electron chi connectivity index (χ0n) is 34.6. The van der Waals surface area contributed by atoms with Crippen molar-refractivity contribution >= 4 is 44.7 Å². The summed E-state index contributed by atoms with van der Waals surface area (Å²) >= 11 is 0. The third kappa shape index (κ3) is 10.1. The molecule has 3 saturated carbocycles. The van der Waals surface area contributed by atoms with Crippen LogP contribution in [0.25, 0.3) is 10.9 Å². The smallest absolute Gasteiger partial charge is 0.422 e. The molecule has 334 valence electrons. The third-order valence-corrected chi connectivity index (χ3v) is 14.3. The standard InChI is InChI=1S/C42H54F3N5O10S/c1-5-26-20-41(26,38(53)49-61(55,56)28-13-14-28)48-36(51)31-17-27-21-50(31)37(52)35(24-10-7-6-8-11-24)47-39(54)59-22-40(2,3)15-9-12-25-16-29-30(18-32(25)57-4)46-34(19-33(29)60-27)58-23-42(43,44)45/h5,16,18-19,24,26-28,31,35H,1,6-15,17,20-23H2,2-4H3,(H,47,54)(H,48,51)(H,49,53)/t26-,27+,31-,35-,41?/m0/s1. The highest BCUT2D eigenvalue weighted by Crippen LogP contribution is 2.46. The number of cyclic esters (lactones) is 1. The Hall–Kier alpha value is -4.81. The van der Waals surface area contributed by atoms with E-state index < -0.39 is 86.9 Å². The maximum Gasteiger partial charge on any atom is 0.422 e. The van der Waals surface area contributed by atoms with E-state index in [4.69, 9.17) is 18.9 Å². The van der Waals surface area contributed by atoms with Crippen LogP contribution in [0.2, 0.25) is 0 Å². The normalized spacial score (nSPS) is 27.5. The van der Waals surface area contributed by atoms with Gasteiger partial charge in [0.05, 0.1) is 31.0 Å². The Morgan fingerprint density at radius 3 is 2.49 bits per heavy atom. The second kappa shape index (κ2) is 17.2. The predicted molar refractivity (Wildman–Crippen MR) is 215 cm³/mol. The van der Waals surface area contributed by atoms with Crippen molar-refractivity contribution in [2.24, 2.45) is 17.3 Å². The fraction of sp³-hybridized carbons (Fsp3) is 0.643. The van der Waals surface area contributed by atoms with Crippen LogP contribution in [0.4, 0.5) is 18.0 Å². The predicted octanol–water partition coefficient (Wildman–Crippen LogP) is 5.24. The van der Waals surface area contributed by atoms with Gasteiger partial charge in [-0.3, -0.25) is 19.1 Å². The van der Waals surface area contributed by atoms with Crippen molar-refractivity contribution < 1.29 is 59.7 Å². The van der Waals surface area contributed by atoms with Gasteiger partial charge in [-0.2, -0.15) is 13.2 Å². The van der Waals surface area contributed by atoms with Crippen LogP contribution in [0.1, 0.15) is 90.0 Å². The van der Waals surface area contributed by atoms with Crippen molar-refractivity contribution in [2.45, 2.75) is 126 Å². The van der Waals surface area contributed by atoms with Crippen LogP contribution in [-0.4, -0.2) is 104 Å². The lowest BCUT2D eigenvalue weighted by Crippen LogP contribution is -2.59. The molecule has 7 rings (SSSR count). The zero-order chi connectivity index (χ0) is 43.9. The van der Waals surface area contributed by atoms with Crippen molar-refractivity contribution in [1.82, 2.24) is 25.2 Å². The molecule has 3 aliphatic carbocycles. The minimum atomic E-state index is -4.67. The number of rotatable bonds is 10. The third-order valence-electron chi connectivity index (χ3n) is 12.5. The second-order valence-electron chi connectivity index (χ2n) is 17.8. The summed E-state index contributed by atoms with van der Waals surface area (Å²) in [6.45, 7) is 5.90. The van der Waals surface area contributed by atoms with E-state index in [0.717, 1.165) is 24.8 Å². The molecule has 5 atom stereocenters. The van der Waals surface area contributed by atoms with E-state index in [9.17, 15) is 40.8 Å². The Bertz CT molecular complexity index is 2160. The first kappa shape index (κ1) is 44.3. The van der Waals surface area contributed by atoms with Crippen LogP contribution in [0.15, 0.2) is 30.9 Å². The molecule has 19 heteroatoms. The Kier molecular flexibility index (Phi) is 12.4. The Labute approximate surface area is 352 Å². The Morgan fingerprint density at radius 1 is 1.10 bits per heavy atom. The first-order valence-electron chi connectivity index (χ1n) is 20.9. The molecule has 3 N–H and O–H groups in total. The lowest BCUT2D eigenvalue weighted by molar-refractivity contribution is -0.154. The number of ether oxygens (including phenoxy) is 4. The molecule has 15 nitrogen and oxygen atoms in total. The number of hydrogen-bond donors (Lipinski definition) is 3. The van der Waals surface area contributed by atoms with E-state index in [0.29, 0.717) is 56.1 Å². The van der Waals surface area contributed by atoms with Gasteiger partial charge in [-0.15, -0.1) is 6.58 Å². The van der Waals surface area contributed by atoms with Crippen molar-refractivity contribution in [2.75, 3.05) is 26.9 Å². The van der Waals surface area contributed by atoms with Crippen LogP contribution >= 0.6 is 0 Å². The van der Waals surface area contributed by atoms with Crippen LogP contribution < -0.4 is 29.6 Å². The molecule has 4 fully saturated rings. The molecular weight excluding hydrogens is 824 g/mol. The molecule has 4 bridgehead atoms. The minimum absolute atomic E-state index is 0.0454. The van der Waals surface area contributed by atoms with Gasteiger partial charge in [0.1, 0.15) is 35.2 Å². The van der Waals surface area contributed by atoms with E-state index in [1.807, 2.05) is 13.8 Å². The number of methoxy groups -OCH3 is 1. The number of aromatic nitrogens is 1. The van der Waals surface area contributed by atoms with Gasteiger partial charge in [-0.1, -0.05) is 39.2 Å². The summed E-state index contributed by atoms with van der Waals surface area (Å²) in [4.78, 5) is 62.3. The van der Waals surface area contributed by atoms with Crippen LogP contribution in [0.5, 0.6) is 17.4 Å². The summed E-state index contributed by atoms with van der Waals surface area (Å²) in [5.74, 6) is -3.00. The lowest BCUT2D eigenvalue weighted by Gasteiger charge is -2.35. The molecule has 1 aromatic heterocycles. The Balaban J connectivity index is 1.28. The number of alkyl carbamates (subject to hydrolysis) is 1. The number of sulfonamides is 1. The molecule has 4 amide bonds. The quantitative estimate of drug-likeness (QED) is 0.265. The summed E-state index contributed by atoms with van der Waals surface area (Å²) in [6, 6.07) is 2.23. The molecule has 2 aliphatic heterocycles. The molecule has 0 radical (unpaired) electrons. The van der Waals surface area contributed by atoms with E-state index in [2.05, 4.69) is 26.9 Å². The van der Waals surface area contributed by atoms with Crippen molar-refractivity contribution in [3.8, 4) is 17.4 Å². The fourth-order valence-corrected chi connectivity index (χ4v) is 10.2. The van der Waals surface area contributed by atoms with Crippen molar-refractivity contribution in [3.63, 3.8) is 0 Å². The zero-order valence-corrected chi connectivity index (χ0v) is 35.4. The number of aryl methyl sites for hydroxylation is 1. The summed E-state index contributed by atoms with van der Waals surface area (Å²) in [7, 11) is -2.51. The molecule has 2 aromatic rings. The summed E-state index contributed by atoms with van der Waals surface area (Å²) < 4.78 is 90.8. The number of nitrogens with zero attached hydrogens (tertiary/aromatic N) is 2. The molecule has 1 saturated heterocycles. The average Bonchev–Trinajstić information content (AvgIpc) is 4.14.